The van der Waals surface area contributed by atoms with E-state index in [0.29, 0.717) is 38.8 Å². The lowest BCUT2D eigenvalue weighted by Gasteiger charge is -2.07. The van der Waals surface area contributed by atoms with Crippen molar-refractivity contribution in [3.63, 3.8) is 0 Å². The van der Waals surface area contributed by atoms with Crippen molar-refractivity contribution in [1.82, 2.24) is 4.98 Å². The summed E-state index contributed by atoms with van der Waals surface area (Å²) in [6.07, 6.45) is 0.0663. The van der Waals surface area contributed by atoms with Crippen molar-refractivity contribution in [1.29, 1.82) is 0 Å². The number of aliphatic carboxylic acids is 1. The van der Waals surface area contributed by atoms with Gasteiger partial charge in [-0.2, -0.15) is 8.42 Å². The maximum Gasteiger partial charge on any atom is 0.346 e. The van der Waals surface area contributed by atoms with Gasteiger partial charge < -0.3 is 14.8 Å². The van der Waals surface area contributed by atoms with Crippen LogP contribution in [0.25, 0.3) is 21.5 Å². The highest BCUT2D eigenvalue weighted by atomic mass is 32.2. The van der Waals surface area contributed by atoms with Crippen LogP contribution in [0, 0.1) is 6.92 Å². The van der Waals surface area contributed by atoms with Crippen LogP contribution in [0.2, 0.25) is 0 Å². The quantitative estimate of drug-likeness (QED) is 0.274. The number of carboxylic acid groups (broad SMARTS) is 1. The zero-order valence-electron chi connectivity index (χ0n) is 15.3. The van der Waals surface area contributed by atoms with Gasteiger partial charge in [-0.25, -0.2) is 9.78 Å². The van der Waals surface area contributed by atoms with Crippen molar-refractivity contribution in [2.45, 2.75) is 19.8 Å². The second kappa shape index (κ2) is 8.31. The van der Waals surface area contributed by atoms with Crippen molar-refractivity contribution >= 4 is 44.1 Å². The van der Waals surface area contributed by atoms with Gasteiger partial charge >= 0.3 is 11.6 Å². The number of carboxylic acids is 1. The lowest BCUT2D eigenvalue weighted by Crippen LogP contribution is -2.10. The first-order valence-corrected chi connectivity index (χ1v) is 11.0. The first kappa shape index (κ1) is 21.0. The maximum absolute atomic E-state index is 12.4. The molecule has 11 heteroatoms. The largest absolute Gasteiger partial charge is 0.481 e. The molecule has 3 aromatic rings. The third kappa shape index (κ3) is 5.40. The summed E-state index contributed by atoms with van der Waals surface area (Å²) in [5.74, 6) is -1.31. The van der Waals surface area contributed by atoms with Crippen LogP contribution in [-0.4, -0.2) is 41.3 Å². The van der Waals surface area contributed by atoms with Crippen molar-refractivity contribution in [2.75, 3.05) is 17.6 Å². The minimum absolute atomic E-state index is 0.158. The summed E-state index contributed by atoms with van der Waals surface area (Å²) in [6.45, 7) is 2.01. The topological polar surface area (TPSA) is 147 Å². The molecule has 0 amide bonds. The lowest BCUT2D eigenvalue weighted by molar-refractivity contribution is -0.136. The van der Waals surface area contributed by atoms with Crippen LogP contribution in [0.15, 0.2) is 33.5 Å². The molecule has 0 saturated carbocycles. The van der Waals surface area contributed by atoms with Gasteiger partial charge in [-0.05, 0) is 31.5 Å². The molecule has 3 rings (SSSR count). The van der Waals surface area contributed by atoms with E-state index in [9.17, 15) is 18.0 Å². The molecule has 0 radical (unpaired) electrons. The second-order valence-electron chi connectivity index (χ2n) is 6.36. The van der Waals surface area contributed by atoms with Gasteiger partial charge in [-0.15, -0.1) is 11.3 Å². The molecular formula is C18H18N2O7S2. The van der Waals surface area contributed by atoms with E-state index >= 15 is 0 Å². The molecule has 0 bridgehead atoms. The molecule has 9 nitrogen and oxygen atoms in total. The highest BCUT2D eigenvalue weighted by Gasteiger charge is 2.16. The number of nitrogens with one attached hydrogen (secondary N) is 1. The molecule has 0 spiro atoms. The Morgan fingerprint density at radius 3 is 2.76 bits per heavy atom. The van der Waals surface area contributed by atoms with Crippen molar-refractivity contribution in [2.24, 2.45) is 0 Å². The smallest absolute Gasteiger partial charge is 0.346 e. The number of aryl methyl sites for hydroxylation is 1. The number of hydrogen-bond acceptors (Lipinski definition) is 8. The molecule has 154 valence electrons. The fourth-order valence-electron chi connectivity index (χ4n) is 2.70. The Balaban J connectivity index is 1.83. The molecule has 0 saturated heterocycles. The van der Waals surface area contributed by atoms with E-state index in [0.717, 1.165) is 11.3 Å². The first-order valence-electron chi connectivity index (χ1n) is 8.58. The SMILES string of the molecule is Cc1nc(-c2cc3ccc(NCCCS(=O)(=O)O)cc3oc2=O)sc1CC(=O)O. The summed E-state index contributed by atoms with van der Waals surface area (Å²) in [4.78, 5) is 28.2. The summed E-state index contributed by atoms with van der Waals surface area (Å²) in [7, 11) is -4.00. The Morgan fingerprint density at radius 2 is 2.07 bits per heavy atom. The number of fused-ring (bicyclic) bond motifs is 1. The van der Waals surface area contributed by atoms with Crippen LogP contribution < -0.4 is 10.9 Å². The van der Waals surface area contributed by atoms with Crippen molar-refractivity contribution < 1.29 is 27.3 Å². The van der Waals surface area contributed by atoms with Gasteiger partial charge in [0.05, 0.1) is 23.4 Å². The molecule has 0 unspecified atom stereocenters. The Hall–Kier alpha value is -2.76. The van der Waals surface area contributed by atoms with Gasteiger partial charge in [0.2, 0.25) is 0 Å². The summed E-state index contributed by atoms with van der Waals surface area (Å²) in [5.41, 5.74) is 1.22. The van der Waals surface area contributed by atoms with E-state index in [1.54, 1.807) is 31.2 Å². The van der Waals surface area contributed by atoms with Gasteiger partial charge in [-0.3, -0.25) is 9.35 Å². The Kier molecular flexibility index (Phi) is 6.01. The number of benzene rings is 1. The molecule has 2 aromatic heterocycles. The van der Waals surface area contributed by atoms with Gasteiger partial charge in [0.1, 0.15) is 10.6 Å². The van der Waals surface area contributed by atoms with Crippen molar-refractivity contribution in [3.8, 4) is 10.6 Å². The fraction of sp³-hybridized carbons (Fsp3) is 0.278. The average molecular weight is 438 g/mol. The van der Waals surface area contributed by atoms with Crippen LogP contribution in [0.3, 0.4) is 0 Å². The van der Waals surface area contributed by atoms with Gasteiger partial charge in [0, 0.05) is 28.6 Å². The number of carbonyl (C=O) groups is 1. The molecule has 3 N–H and O–H groups in total. The van der Waals surface area contributed by atoms with E-state index in [1.165, 1.54) is 0 Å². The minimum atomic E-state index is -4.00. The molecule has 0 fully saturated rings. The lowest BCUT2D eigenvalue weighted by atomic mass is 10.1. The number of hydrogen-bond donors (Lipinski definition) is 3. The summed E-state index contributed by atoms with van der Waals surface area (Å²) in [6, 6.07) is 6.76. The maximum atomic E-state index is 12.4. The predicted molar refractivity (Wildman–Crippen MR) is 109 cm³/mol. The summed E-state index contributed by atoms with van der Waals surface area (Å²) in [5, 5.41) is 13.0. The molecule has 2 heterocycles. The number of nitrogens with zero attached hydrogens (tertiary/aromatic N) is 1. The summed E-state index contributed by atoms with van der Waals surface area (Å²) < 4.78 is 35.6. The highest BCUT2D eigenvalue weighted by molar-refractivity contribution is 7.85. The standard InChI is InChI=1S/C18H18N2O7S2/c1-10-15(9-16(21)22)28-17(20-10)13-7-11-3-4-12(8-14(11)27-18(13)23)19-5-2-6-29(24,25)26/h3-4,7-8,19H,2,5-6,9H2,1H3,(H,21,22)(H,24,25,26). The molecule has 0 aliphatic carbocycles. The summed E-state index contributed by atoms with van der Waals surface area (Å²) >= 11 is 1.15. The molecule has 0 aliphatic rings. The monoisotopic (exact) mass is 438 g/mol. The van der Waals surface area contributed by atoms with E-state index in [4.69, 9.17) is 14.1 Å². The number of thiazole rings is 1. The Labute approximate surface area is 169 Å². The number of anilines is 1. The zero-order valence-corrected chi connectivity index (χ0v) is 17.0. The van der Waals surface area contributed by atoms with E-state index < -0.39 is 21.7 Å². The molecule has 0 aliphatic heterocycles. The molecule has 1 aromatic carbocycles. The third-order valence-corrected chi connectivity index (χ3v) is 6.07. The Morgan fingerprint density at radius 1 is 1.31 bits per heavy atom. The predicted octanol–water partition coefficient (Wildman–Crippen LogP) is 2.54. The molecular weight excluding hydrogens is 420 g/mol. The normalized spacial score (nSPS) is 11.7. The van der Waals surface area contributed by atoms with Crippen LogP contribution in [-0.2, 0) is 21.3 Å². The minimum Gasteiger partial charge on any atom is -0.481 e. The van der Waals surface area contributed by atoms with Crippen LogP contribution >= 0.6 is 11.3 Å². The van der Waals surface area contributed by atoms with Gasteiger partial charge in [0.25, 0.3) is 10.1 Å². The number of rotatable bonds is 8. The van der Waals surface area contributed by atoms with Gasteiger partial charge in [-0.1, -0.05) is 0 Å². The van der Waals surface area contributed by atoms with Crippen LogP contribution in [0.5, 0.6) is 0 Å². The first-order chi connectivity index (χ1) is 13.6. The average Bonchev–Trinajstić information content (AvgIpc) is 2.97. The second-order valence-corrected chi connectivity index (χ2v) is 9.02. The van der Waals surface area contributed by atoms with E-state index in [-0.39, 0.29) is 24.2 Å². The number of aromatic nitrogens is 1. The van der Waals surface area contributed by atoms with Gasteiger partial charge in [0.15, 0.2) is 0 Å². The highest BCUT2D eigenvalue weighted by Crippen LogP contribution is 2.29. The van der Waals surface area contributed by atoms with Crippen molar-refractivity contribution in [3.05, 3.63) is 45.3 Å². The Bertz CT molecular complexity index is 1230. The van der Waals surface area contributed by atoms with Crippen LogP contribution in [0.1, 0.15) is 17.0 Å². The zero-order chi connectivity index (χ0) is 21.2. The third-order valence-electron chi connectivity index (χ3n) is 4.08. The fourth-order valence-corrected chi connectivity index (χ4v) is 4.27. The van der Waals surface area contributed by atoms with Crippen LogP contribution in [0.4, 0.5) is 5.69 Å². The van der Waals surface area contributed by atoms with E-state index in [2.05, 4.69) is 10.3 Å². The van der Waals surface area contributed by atoms with E-state index in [1.807, 2.05) is 0 Å². The molecule has 0 atom stereocenters. The molecule has 29 heavy (non-hydrogen) atoms.